The lowest BCUT2D eigenvalue weighted by Crippen LogP contribution is -2.13. The van der Waals surface area contributed by atoms with Crippen LogP contribution in [0, 0.1) is 0 Å². The monoisotopic (exact) mass is 284 g/mol. The molecule has 4 heteroatoms. The van der Waals surface area contributed by atoms with Crippen LogP contribution in [0.3, 0.4) is 0 Å². The first-order chi connectivity index (χ1) is 10.2. The summed E-state index contributed by atoms with van der Waals surface area (Å²) in [6, 6.07) is 15.2. The lowest BCUT2D eigenvalue weighted by molar-refractivity contribution is 0.100. The normalized spacial score (nSPS) is 11.7. The van der Waals surface area contributed by atoms with Crippen LogP contribution in [0.25, 0.3) is 0 Å². The van der Waals surface area contributed by atoms with E-state index in [1.807, 2.05) is 36.4 Å². The number of primary amides is 1. The molecule has 0 heterocycles. The van der Waals surface area contributed by atoms with Gasteiger partial charge < -0.3 is 15.8 Å². The average molecular weight is 284 g/mol. The molecule has 3 N–H and O–H groups in total. The largest absolute Gasteiger partial charge is 0.496 e. The number of anilines is 1. The van der Waals surface area contributed by atoms with E-state index in [0.29, 0.717) is 5.56 Å². The summed E-state index contributed by atoms with van der Waals surface area (Å²) in [5.41, 5.74) is 7.77. The Labute approximate surface area is 124 Å². The van der Waals surface area contributed by atoms with Crippen molar-refractivity contribution in [1.29, 1.82) is 0 Å². The SMILES string of the molecule is CCC(Nc1cccc(C(N)=O)c1)c1ccccc1OC. The number of nitrogens with one attached hydrogen (secondary N) is 1. The molecule has 110 valence electrons. The van der Waals surface area contributed by atoms with Crippen LogP contribution in [0.1, 0.15) is 35.3 Å². The highest BCUT2D eigenvalue weighted by molar-refractivity contribution is 5.93. The van der Waals surface area contributed by atoms with Crippen molar-refractivity contribution in [2.24, 2.45) is 5.73 Å². The minimum atomic E-state index is -0.427. The van der Waals surface area contributed by atoms with Crippen molar-refractivity contribution in [2.45, 2.75) is 19.4 Å². The van der Waals surface area contributed by atoms with Crippen molar-refractivity contribution in [3.63, 3.8) is 0 Å². The maximum absolute atomic E-state index is 11.3. The molecule has 0 aromatic heterocycles. The quantitative estimate of drug-likeness (QED) is 0.855. The maximum Gasteiger partial charge on any atom is 0.248 e. The number of carbonyl (C=O) groups is 1. The molecule has 2 aromatic carbocycles. The Morgan fingerprint density at radius 1 is 1.24 bits per heavy atom. The molecule has 0 radical (unpaired) electrons. The van der Waals surface area contributed by atoms with E-state index in [0.717, 1.165) is 23.4 Å². The zero-order valence-corrected chi connectivity index (χ0v) is 12.3. The summed E-state index contributed by atoms with van der Waals surface area (Å²) in [6.45, 7) is 2.10. The second-order valence-electron chi connectivity index (χ2n) is 4.79. The van der Waals surface area contributed by atoms with E-state index >= 15 is 0 Å². The molecule has 2 rings (SSSR count). The van der Waals surface area contributed by atoms with Crippen molar-refractivity contribution >= 4 is 11.6 Å². The van der Waals surface area contributed by atoms with Gasteiger partial charge in [-0.25, -0.2) is 0 Å². The summed E-state index contributed by atoms with van der Waals surface area (Å²) in [6.07, 6.45) is 0.890. The Morgan fingerprint density at radius 2 is 2.00 bits per heavy atom. The molecule has 21 heavy (non-hydrogen) atoms. The Balaban J connectivity index is 2.27. The molecular formula is C17H20N2O2. The Morgan fingerprint density at radius 3 is 2.67 bits per heavy atom. The Hall–Kier alpha value is -2.49. The number of nitrogens with two attached hydrogens (primary N) is 1. The highest BCUT2D eigenvalue weighted by Gasteiger charge is 2.14. The lowest BCUT2D eigenvalue weighted by Gasteiger charge is -2.21. The summed E-state index contributed by atoms with van der Waals surface area (Å²) in [4.78, 5) is 11.3. The molecule has 0 aliphatic heterocycles. The number of carbonyl (C=O) groups excluding carboxylic acids is 1. The molecule has 1 unspecified atom stereocenters. The van der Waals surface area contributed by atoms with Crippen LogP contribution in [0.15, 0.2) is 48.5 Å². The number of rotatable bonds is 6. The summed E-state index contributed by atoms with van der Waals surface area (Å²) in [7, 11) is 1.67. The molecule has 0 saturated heterocycles. The first-order valence-electron chi connectivity index (χ1n) is 6.95. The molecule has 0 bridgehead atoms. The highest BCUT2D eigenvalue weighted by Crippen LogP contribution is 2.30. The number of methoxy groups -OCH3 is 1. The first-order valence-corrected chi connectivity index (χ1v) is 6.95. The van der Waals surface area contributed by atoms with Crippen molar-refractivity contribution in [2.75, 3.05) is 12.4 Å². The van der Waals surface area contributed by atoms with Crippen molar-refractivity contribution < 1.29 is 9.53 Å². The second kappa shape index (κ2) is 6.79. The van der Waals surface area contributed by atoms with E-state index in [4.69, 9.17) is 10.5 Å². The van der Waals surface area contributed by atoms with Gasteiger partial charge in [0.15, 0.2) is 0 Å². The van der Waals surface area contributed by atoms with Gasteiger partial charge in [-0.05, 0) is 30.7 Å². The molecule has 0 aliphatic rings. The Bertz CT molecular complexity index is 626. The van der Waals surface area contributed by atoms with Crippen LogP contribution in [-0.4, -0.2) is 13.0 Å². The number of hydrogen-bond donors (Lipinski definition) is 2. The zero-order chi connectivity index (χ0) is 15.2. The number of hydrogen-bond acceptors (Lipinski definition) is 3. The number of amides is 1. The van der Waals surface area contributed by atoms with Crippen LogP contribution in [0.5, 0.6) is 5.75 Å². The minimum absolute atomic E-state index is 0.101. The van der Waals surface area contributed by atoms with E-state index in [1.165, 1.54) is 0 Å². The molecule has 2 aromatic rings. The maximum atomic E-state index is 11.3. The van der Waals surface area contributed by atoms with E-state index in [-0.39, 0.29) is 6.04 Å². The van der Waals surface area contributed by atoms with Crippen molar-refractivity contribution in [3.8, 4) is 5.75 Å². The second-order valence-corrected chi connectivity index (χ2v) is 4.79. The number of ether oxygens (including phenoxy) is 1. The van der Waals surface area contributed by atoms with Crippen molar-refractivity contribution in [1.82, 2.24) is 0 Å². The lowest BCUT2D eigenvalue weighted by atomic mass is 10.0. The third kappa shape index (κ3) is 3.54. The summed E-state index contributed by atoms with van der Waals surface area (Å²) in [5.74, 6) is 0.423. The topological polar surface area (TPSA) is 64.3 Å². The fourth-order valence-corrected chi connectivity index (χ4v) is 2.32. The van der Waals surface area contributed by atoms with E-state index in [1.54, 1.807) is 19.2 Å². The molecule has 0 fully saturated rings. The summed E-state index contributed by atoms with van der Waals surface area (Å²) >= 11 is 0. The number of benzene rings is 2. The molecular weight excluding hydrogens is 264 g/mol. The van der Waals surface area contributed by atoms with Crippen LogP contribution >= 0.6 is 0 Å². The van der Waals surface area contributed by atoms with E-state index in [2.05, 4.69) is 12.2 Å². The van der Waals surface area contributed by atoms with Crippen molar-refractivity contribution in [3.05, 3.63) is 59.7 Å². The minimum Gasteiger partial charge on any atom is -0.496 e. The predicted molar refractivity (Wildman–Crippen MR) is 84.6 cm³/mol. The Kier molecular flexibility index (Phi) is 4.82. The standard InChI is InChI=1S/C17H20N2O2/c1-3-15(14-9-4-5-10-16(14)21-2)19-13-8-6-7-12(11-13)17(18)20/h4-11,15,19H,3H2,1-2H3,(H2,18,20). The summed E-state index contributed by atoms with van der Waals surface area (Å²) in [5, 5.41) is 3.43. The highest BCUT2D eigenvalue weighted by atomic mass is 16.5. The first kappa shape index (κ1) is 14.9. The fraction of sp³-hybridized carbons (Fsp3) is 0.235. The predicted octanol–water partition coefficient (Wildman–Crippen LogP) is 3.36. The molecule has 4 nitrogen and oxygen atoms in total. The van der Waals surface area contributed by atoms with Gasteiger partial charge in [-0.3, -0.25) is 4.79 Å². The average Bonchev–Trinajstić information content (AvgIpc) is 2.52. The molecule has 1 atom stereocenters. The number of para-hydroxylation sites is 1. The molecule has 0 spiro atoms. The molecule has 0 aliphatic carbocycles. The zero-order valence-electron chi connectivity index (χ0n) is 12.3. The van der Waals surface area contributed by atoms with Gasteiger partial charge in [0.05, 0.1) is 13.2 Å². The van der Waals surface area contributed by atoms with E-state index < -0.39 is 5.91 Å². The van der Waals surface area contributed by atoms with Gasteiger partial charge in [0.25, 0.3) is 0 Å². The van der Waals surface area contributed by atoms with Gasteiger partial charge in [-0.1, -0.05) is 31.2 Å². The van der Waals surface area contributed by atoms with Gasteiger partial charge in [-0.15, -0.1) is 0 Å². The third-order valence-corrected chi connectivity index (χ3v) is 3.41. The van der Waals surface area contributed by atoms with Gasteiger partial charge in [0.2, 0.25) is 5.91 Å². The smallest absolute Gasteiger partial charge is 0.248 e. The van der Waals surface area contributed by atoms with Crippen LogP contribution < -0.4 is 15.8 Å². The van der Waals surface area contributed by atoms with Gasteiger partial charge in [0.1, 0.15) is 5.75 Å². The van der Waals surface area contributed by atoms with Gasteiger partial charge in [-0.2, -0.15) is 0 Å². The van der Waals surface area contributed by atoms with Crippen LogP contribution in [0.2, 0.25) is 0 Å². The fourth-order valence-electron chi connectivity index (χ4n) is 2.32. The van der Waals surface area contributed by atoms with Crippen LogP contribution in [0.4, 0.5) is 5.69 Å². The molecule has 1 amide bonds. The van der Waals surface area contributed by atoms with Gasteiger partial charge in [0, 0.05) is 16.8 Å². The van der Waals surface area contributed by atoms with Crippen LogP contribution in [-0.2, 0) is 0 Å². The van der Waals surface area contributed by atoms with E-state index in [9.17, 15) is 4.79 Å². The third-order valence-electron chi connectivity index (χ3n) is 3.41. The van der Waals surface area contributed by atoms with Gasteiger partial charge >= 0.3 is 0 Å². The summed E-state index contributed by atoms with van der Waals surface area (Å²) < 4.78 is 5.41. The molecule has 0 saturated carbocycles.